The molecular formula is C20H21N5O3. The summed E-state index contributed by atoms with van der Waals surface area (Å²) in [6.45, 7) is 0.506. The lowest BCUT2D eigenvalue weighted by atomic mass is 10.2. The molecule has 144 valence electrons. The molecule has 0 saturated heterocycles. The second kappa shape index (κ2) is 8.08. The van der Waals surface area contributed by atoms with Gasteiger partial charge in [0, 0.05) is 25.2 Å². The van der Waals surface area contributed by atoms with Gasteiger partial charge in [-0.15, -0.1) is 0 Å². The van der Waals surface area contributed by atoms with Crippen molar-refractivity contribution in [1.82, 2.24) is 19.3 Å². The van der Waals surface area contributed by atoms with Crippen LogP contribution in [0, 0.1) is 0 Å². The molecule has 0 bridgehead atoms. The van der Waals surface area contributed by atoms with Crippen molar-refractivity contribution in [2.45, 2.75) is 38.8 Å². The van der Waals surface area contributed by atoms with Crippen LogP contribution in [-0.4, -0.2) is 25.2 Å². The van der Waals surface area contributed by atoms with E-state index in [9.17, 15) is 9.59 Å². The smallest absolute Gasteiger partial charge is 0.346 e. The minimum Gasteiger partial charge on any atom is -0.455 e. The van der Waals surface area contributed by atoms with Gasteiger partial charge in [0.05, 0.1) is 6.20 Å². The standard InChI is InChI=1S/C20H21N5O3/c26-19(14-25-20(27)24-12-6-2-5-9-18(24)23-25)22-16-13-21-11-10-17(16)28-15-7-3-1-4-8-15/h1,3-4,7-8,10-11,13H,2,5-6,9,12,14H2,(H,22,26). The number of fused-ring (bicyclic) bond motifs is 1. The number of nitrogens with zero attached hydrogens (tertiary/aromatic N) is 4. The first-order valence-electron chi connectivity index (χ1n) is 9.34. The SMILES string of the molecule is O=C(Cn1nc2n(c1=O)CCCCC2)Nc1cnccc1Oc1ccccc1. The molecule has 28 heavy (non-hydrogen) atoms. The molecule has 1 amide bonds. The first-order valence-corrected chi connectivity index (χ1v) is 9.34. The van der Waals surface area contributed by atoms with Crippen molar-refractivity contribution >= 4 is 11.6 Å². The lowest BCUT2D eigenvalue weighted by molar-refractivity contribution is -0.117. The van der Waals surface area contributed by atoms with Crippen molar-refractivity contribution in [3.63, 3.8) is 0 Å². The number of anilines is 1. The van der Waals surface area contributed by atoms with Crippen molar-refractivity contribution < 1.29 is 9.53 Å². The molecule has 1 aliphatic heterocycles. The summed E-state index contributed by atoms with van der Waals surface area (Å²) in [7, 11) is 0. The third-order valence-corrected chi connectivity index (χ3v) is 4.60. The molecule has 2 aromatic heterocycles. The highest BCUT2D eigenvalue weighted by Gasteiger charge is 2.18. The molecule has 1 N–H and O–H groups in total. The Labute approximate surface area is 161 Å². The number of ether oxygens (including phenoxy) is 1. The number of hydrogen-bond donors (Lipinski definition) is 1. The molecular weight excluding hydrogens is 358 g/mol. The Morgan fingerprint density at radius 1 is 1.14 bits per heavy atom. The Hall–Kier alpha value is -3.42. The van der Waals surface area contributed by atoms with Gasteiger partial charge in [0.15, 0.2) is 5.75 Å². The number of carbonyl (C=O) groups is 1. The van der Waals surface area contributed by atoms with Crippen molar-refractivity contribution in [2.24, 2.45) is 0 Å². The molecule has 0 unspecified atom stereocenters. The molecule has 3 heterocycles. The number of carbonyl (C=O) groups excluding carboxylic acids is 1. The number of para-hydroxylation sites is 1. The van der Waals surface area contributed by atoms with E-state index in [2.05, 4.69) is 15.4 Å². The summed E-state index contributed by atoms with van der Waals surface area (Å²) in [5, 5.41) is 7.11. The van der Waals surface area contributed by atoms with E-state index in [1.807, 2.05) is 30.3 Å². The molecule has 1 aromatic carbocycles. The van der Waals surface area contributed by atoms with E-state index in [-0.39, 0.29) is 18.1 Å². The normalized spacial score (nSPS) is 13.4. The maximum Gasteiger partial charge on any atom is 0.346 e. The fourth-order valence-electron chi connectivity index (χ4n) is 3.23. The third kappa shape index (κ3) is 3.95. The molecule has 8 nitrogen and oxygen atoms in total. The summed E-state index contributed by atoms with van der Waals surface area (Å²) in [6.07, 6.45) is 6.93. The fraction of sp³-hybridized carbons (Fsp3) is 0.300. The van der Waals surface area contributed by atoms with E-state index in [4.69, 9.17) is 4.74 Å². The van der Waals surface area contributed by atoms with Crippen LogP contribution in [0.2, 0.25) is 0 Å². The highest BCUT2D eigenvalue weighted by Crippen LogP contribution is 2.28. The predicted octanol–water partition coefficient (Wildman–Crippen LogP) is 2.60. The Bertz CT molecular complexity index is 1030. The molecule has 0 radical (unpaired) electrons. The van der Waals surface area contributed by atoms with E-state index in [1.54, 1.807) is 16.8 Å². The number of aryl methyl sites for hydroxylation is 1. The Morgan fingerprint density at radius 3 is 2.86 bits per heavy atom. The van der Waals surface area contributed by atoms with Crippen LogP contribution in [0.4, 0.5) is 5.69 Å². The zero-order valence-electron chi connectivity index (χ0n) is 15.4. The van der Waals surface area contributed by atoms with E-state index >= 15 is 0 Å². The zero-order valence-corrected chi connectivity index (χ0v) is 15.4. The molecule has 0 fully saturated rings. The minimum absolute atomic E-state index is 0.154. The maximum atomic E-state index is 12.5. The maximum absolute atomic E-state index is 12.5. The number of amides is 1. The second-order valence-electron chi connectivity index (χ2n) is 6.65. The molecule has 8 heteroatoms. The lowest BCUT2D eigenvalue weighted by Crippen LogP contribution is -2.30. The minimum atomic E-state index is -0.360. The molecule has 1 aliphatic rings. The fourth-order valence-corrected chi connectivity index (χ4v) is 3.23. The third-order valence-electron chi connectivity index (χ3n) is 4.60. The van der Waals surface area contributed by atoms with Crippen LogP contribution >= 0.6 is 0 Å². The van der Waals surface area contributed by atoms with Gasteiger partial charge in [0.2, 0.25) is 5.91 Å². The van der Waals surface area contributed by atoms with Crippen molar-refractivity contribution in [1.29, 1.82) is 0 Å². The molecule has 0 atom stereocenters. The van der Waals surface area contributed by atoms with Gasteiger partial charge in [-0.05, 0) is 25.0 Å². The average Bonchev–Trinajstić information content (AvgIpc) is 2.86. The average molecular weight is 379 g/mol. The van der Waals surface area contributed by atoms with Crippen LogP contribution in [0.5, 0.6) is 11.5 Å². The van der Waals surface area contributed by atoms with Crippen LogP contribution in [0.3, 0.4) is 0 Å². The molecule has 0 spiro atoms. The Kier molecular flexibility index (Phi) is 5.18. The van der Waals surface area contributed by atoms with Crippen LogP contribution < -0.4 is 15.7 Å². The predicted molar refractivity (Wildman–Crippen MR) is 103 cm³/mol. The van der Waals surface area contributed by atoms with Gasteiger partial charge in [-0.25, -0.2) is 9.48 Å². The number of aromatic nitrogens is 4. The van der Waals surface area contributed by atoms with Crippen LogP contribution in [0.15, 0.2) is 53.6 Å². The number of pyridine rings is 1. The summed E-state index contributed by atoms with van der Waals surface area (Å²) in [5.41, 5.74) is 0.198. The number of rotatable bonds is 5. The van der Waals surface area contributed by atoms with E-state index in [0.29, 0.717) is 23.7 Å². The van der Waals surface area contributed by atoms with E-state index < -0.39 is 0 Å². The number of hydrogen-bond acceptors (Lipinski definition) is 5. The Balaban J connectivity index is 1.48. The van der Waals surface area contributed by atoms with Crippen LogP contribution in [-0.2, 0) is 24.3 Å². The molecule has 0 saturated carbocycles. The summed E-state index contributed by atoms with van der Waals surface area (Å²) < 4.78 is 8.72. The van der Waals surface area contributed by atoms with Crippen LogP contribution in [0.1, 0.15) is 25.1 Å². The van der Waals surface area contributed by atoms with Gasteiger partial charge in [-0.2, -0.15) is 5.10 Å². The molecule has 0 aliphatic carbocycles. The van der Waals surface area contributed by atoms with Gasteiger partial charge in [-0.1, -0.05) is 24.6 Å². The molecule has 3 aromatic rings. The van der Waals surface area contributed by atoms with Gasteiger partial charge in [0.1, 0.15) is 23.8 Å². The second-order valence-corrected chi connectivity index (χ2v) is 6.65. The van der Waals surface area contributed by atoms with E-state index in [0.717, 1.165) is 31.5 Å². The van der Waals surface area contributed by atoms with Gasteiger partial charge < -0.3 is 10.1 Å². The first-order chi connectivity index (χ1) is 13.7. The summed E-state index contributed by atoms with van der Waals surface area (Å²) in [5.74, 6) is 1.52. The molecule has 4 rings (SSSR count). The lowest BCUT2D eigenvalue weighted by Gasteiger charge is -2.11. The largest absolute Gasteiger partial charge is 0.455 e. The van der Waals surface area contributed by atoms with E-state index in [1.165, 1.54) is 10.9 Å². The Morgan fingerprint density at radius 2 is 2.00 bits per heavy atom. The summed E-state index contributed by atoms with van der Waals surface area (Å²) in [6, 6.07) is 10.9. The zero-order chi connectivity index (χ0) is 19.3. The number of benzene rings is 1. The number of nitrogens with one attached hydrogen (secondary N) is 1. The summed E-state index contributed by atoms with van der Waals surface area (Å²) in [4.78, 5) is 29.1. The monoisotopic (exact) mass is 379 g/mol. The van der Waals surface area contributed by atoms with Crippen molar-refractivity contribution in [3.05, 3.63) is 65.1 Å². The highest BCUT2D eigenvalue weighted by molar-refractivity contribution is 5.91. The topological polar surface area (TPSA) is 91.0 Å². The van der Waals surface area contributed by atoms with Crippen molar-refractivity contribution in [2.75, 3.05) is 5.32 Å². The van der Waals surface area contributed by atoms with Gasteiger partial charge >= 0.3 is 5.69 Å². The quantitative estimate of drug-likeness (QED) is 0.736. The van der Waals surface area contributed by atoms with Gasteiger partial charge in [-0.3, -0.25) is 14.3 Å². The van der Waals surface area contributed by atoms with Gasteiger partial charge in [0.25, 0.3) is 0 Å². The van der Waals surface area contributed by atoms with Crippen LogP contribution in [0.25, 0.3) is 0 Å². The van der Waals surface area contributed by atoms with Crippen molar-refractivity contribution in [3.8, 4) is 11.5 Å². The summed E-state index contributed by atoms with van der Waals surface area (Å²) >= 11 is 0. The first kappa shape index (κ1) is 18.0. The highest BCUT2D eigenvalue weighted by atomic mass is 16.5.